The molecule has 0 fully saturated rings. The van der Waals surface area contributed by atoms with Crippen LogP contribution in [-0.2, 0) is 16.0 Å². The highest BCUT2D eigenvalue weighted by molar-refractivity contribution is 5.90. The molecule has 0 spiro atoms. The first-order chi connectivity index (χ1) is 9.52. The van der Waals surface area contributed by atoms with Gasteiger partial charge in [-0.25, -0.2) is 0 Å². The summed E-state index contributed by atoms with van der Waals surface area (Å²) in [6, 6.07) is 7.44. The summed E-state index contributed by atoms with van der Waals surface area (Å²) in [5.74, 6) is 0.122. The van der Waals surface area contributed by atoms with Crippen molar-refractivity contribution < 1.29 is 9.59 Å². The molecule has 0 aliphatic carbocycles. The zero-order valence-corrected chi connectivity index (χ0v) is 12.6. The number of hydrogen-bond donors (Lipinski definition) is 1. The summed E-state index contributed by atoms with van der Waals surface area (Å²) in [4.78, 5) is 24.8. The van der Waals surface area contributed by atoms with Gasteiger partial charge in [-0.3, -0.25) is 9.59 Å². The zero-order valence-electron chi connectivity index (χ0n) is 12.6. The maximum atomic E-state index is 11.7. The highest BCUT2D eigenvalue weighted by Crippen LogP contribution is 2.11. The number of unbranched alkanes of at least 4 members (excludes halogenated alkanes) is 2. The molecule has 0 aliphatic heterocycles. The van der Waals surface area contributed by atoms with Crippen molar-refractivity contribution in [3.63, 3.8) is 0 Å². The minimum Gasteiger partial charge on any atom is -0.349 e. The minimum absolute atomic E-state index is 0.0515. The molecule has 0 bridgehead atoms. The summed E-state index contributed by atoms with van der Waals surface area (Å²) in [6.07, 6.45) is 4.07. The smallest absolute Gasteiger partial charge is 0.226 e. The van der Waals surface area contributed by atoms with E-state index in [4.69, 9.17) is 0 Å². The summed E-state index contributed by atoms with van der Waals surface area (Å²) in [6.45, 7) is 2.12. The first kappa shape index (κ1) is 16.2. The highest BCUT2D eigenvalue weighted by Gasteiger charge is 2.06. The van der Waals surface area contributed by atoms with E-state index in [0.29, 0.717) is 12.8 Å². The van der Waals surface area contributed by atoms with Crippen molar-refractivity contribution in [2.75, 3.05) is 19.4 Å². The number of rotatable bonds is 7. The molecule has 0 saturated heterocycles. The first-order valence-electron chi connectivity index (χ1n) is 7.12. The molecule has 4 heteroatoms. The predicted molar refractivity (Wildman–Crippen MR) is 81.6 cm³/mol. The van der Waals surface area contributed by atoms with Crippen LogP contribution in [0.1, 0.15) is 38.2 Å². The number of likely N-dealkylation sites (N-methyl/N-ethyl adjacent to an activating group) is 1. The van der Waals surface area contributed by atoms with Crippen LogP contribution in [0.4, 0.5) is 5.69 Å². The molecular formula is C16H24N2O2. The van der Waals surface area contributed by atoms with Crippen LogP contribution in [0.3, 0.4) is 0 Å². The fourth-order valence-electron chi connectivity index (χ4n) is 1.80. The van der Waals surface area contributed by atoms with Gasteiger partial charge in [-0.2, -0.15) is 0 Å². The lowest BCUT2D eigenvalue weighted by Gasteiger charge is -2.10. The lowest BCUT2D eigenvalue weighted by Crippen LogP contribution is -2.23. The molecule has 1 N–H and O–H groups in total. The Morgan fingerprint density at radius 1 is 1.10 bits per heavy atom. The summed E-state index contributed by atoms with van der Waals surface area (Å²) in [5.41, 5.74) is 1.74. The number of hydrogen-bond acceptors (Lipinski definition) is 2. The topological polar surface area (TPSA) is 49.4 Å². The standard InChI is InChI=1S/C16H24N2O2/c1-4-5-6-7-15(19)17-14-10-8-13(9-11-14)12-16(20)18(2)3/h8-11H,4-7,12H2,1-3H3,(H,17,19). The maximum absolute atomic E-state index is 11.7. The van der Waals surface area contributed by atoms with E-state index in [2.05, 4.69) is 12.2 Å². The number of nitrogens with zero attached hydrogens (tertiary/aromatic N) is 1. The molecule has 1 aromatic rings. The molecule has 20 heavy (non-hydrogen) atoms. The molecule has 0 atom stereocenters. The number of anilines is 1. The average molecular weight is 276 g/mol. The molecule has 0 heterocycles. The van der Waals surface area contributed by atoms with Crippen molar-refractivity contribution in [1.29, 1.82) is 0 Å². The second-order valence-electron chi connectivity index (χ2n) is 5.17. The average Bonchev–Trinajstić information content (AvgIpc) is 2.41. The van der Waals surface area contributed by atoms with Gasteiger partial charge in [0, 0.05) is 26.2 Å². The van der Waals surface area contributed by atoms with Gasteiger partial charge in [0.05, 0.1) is 6.42 Å². The summed E-state index contributed by atoms with van der Waals surface area (Å²) in [5, 5.41) is 2.87. The van der Waals surface area contributed by atoms with Crippen LogP contribution < -0.4 is 5.32 Å². The normalized spacial score (nSPS) is 10.2. The molecule has 1 aromatic carbocycles. The van der Waals surface area contributed by atoms with Crippen molar-refractivity contribution >= 4 is 17.5 Å². The maximum Gasteiger partial charge on any atom is 0.226 e. The van der Waals surface area contributed by atoms with Crippen LogP contribution in [0, 0.1) is 0 Å². The molecule has 0 radical (unpaired) electrons. The lowest BCUT2D eigenvalue weighted by atomic mass is 10.1. The lowest BCUT2D eigenvalue weighted by molar-refractivity contribution is -0.128. The van der Waals surface area contributed by atoms with Gasteiger partial charge in [0.15, 0.2) is 0 Å². The van der Waals surface area contributed by atoms with Crippen LogP contribution in [0.2, 0.25) is 0 Å². The molecule has 0 aliphatic rings. The summed E-state index contributed by atoms with van der Waals surface area (Å²) in [7, 11) is 3.49. The van der Waals surface area contributed by atoms with Crippen molar-refractivity contribution in [1.82, 2.24) is 4.90 Å². The highest BCUT2D eigenvalue weighted by atomic mass is 16.2. The van der Waals surface area contributed by atoms with Gasteiger partial charge < -0.3 is 10.2 Å². The SMILES string of the molecule is CCCCCC(=O)Nc1ccc(CC(=O)N(C)C)cc1. The number of nitrogens with one attached hydrogen (secondary N) is 1. The predicted octanol–water partition coefficient (Wildman–Crippen LogP) is 2.84. The minimum atomic E-state index is 0.0515. The zero-order chi connectivity index (χ0) is 15.0. The van der Waals surface area contributed by atoms with E-state index in [1.165, 1.54) is 0 Å². The monoisotopic (exact) mass is 276 g/mol. The second kappa shape index (κ2) is 8.35. The van der Waals surface area contributed by atoms with E-state index in [1.807, 2.05) is 24.3 Å². The van der Waals surface area contributed by atoms with Crippen molar-refractivity contribution in [3.8, 4) is 0 Å². The third-order valence-corrected chi connectivity index (χ3v) is 3.10. The molecule has 0 unspecified atom stereocenters. The Morgan fingerprint density at radius 2 is 1.75 bits per heavy atom. The number of benzene rings is 1. The summed E-state index contributed by atoms with van der Waals surface area (Å²) < 4.78 is 0. The van der Waals surface area contributed by atoms with Gasteiger partial charge in [-0.1, -0.05) is 31.9 Å². The van der Waals surface area contributed by atoms with E-state index < -0.39 is 0 Å². The van der Waals surface area contributed by atoms with Crippen LogP contribution in [0.5, 0.6) is 0 Å². The van der Waals surface area contributed by atoms with Crippen molar-refractivity contribution in [3.05, 3.63) is 29.8 Å². The molecule has 4 nitrogen and oxygen atoms in total. The number of carbonyl (C=O) groups is 2. The molecule has 1 rings (SSSR count). The van der Waals surface area contributed by atoms with E-state index in [-0.39, 0.29) is 11.8 Å². The van der Waals surface area contributed by atoms with Crippen LogP contribution >= 0.6 is 0 Å². The largest absolute Gasteiger partial charge is 0.349 e. The van der Waals surface area contributed by atoms with Gasteiger partial charge in [0.25, 0.3) is 0 Å². The van der Waals surface area contributed by atoms with E-state index >= 15 is 0 Å². The molecular weight excluding hydrogens is 252 g/mol. The van der Waals surface area contributed by atoms with Gasteiger partial charge >= 0.3 is 0 Å². The quantitative estimate of drug-likeness (QED) is 0.778. The third-order valence-electron chi connectivity index (χ3n) is 3.10. The van der Waals surface area contributed by atoms with E-state index in [9.17, 15) is 9.59 Å². The Morgan fingerprint density at radius 3 is 2.30 bits per heavy atom. The van der Waals surface area contributed by atoms with Crippen LogP contribution in [0.25, 0.3) is 0 Å². The van der Waals surface area contributed by atoms with Crippen molar-refractivity contribution in [2.24, 2.45) is 0 Å². The number of carbonyl (C=O) groups excluding carboxylic acids is 2. The summed E-state index contributed by atoms with van der Waals surface area (Å²) >= 11 is 0. The van der Waals surface area contributed by atoms with Gasteiger partial charge in [-0.05, 0) is 24.1 Å². The Kier molecular flexibility index (Phi) is 6.77. The molecule has 0 aromatic heterocycles. The van der Waals surface area contributed by atoms with Crippen LogP contribution in [-0.4, -0.2) is 30.8 Å². The van der Waals surface area contributed by atoms with Crippen LogP contribution in [0.15, 0.2) is 24.3 Å². The molecule has 0 saturated carbocycles. The fraction of sp³-hybridized carbons (Fsp3) is 0.500. The van der Waals surface area contributed by atoms with E-state index in [0.717, 1.165) is 30.5 Å². The first-order valence-corrected chi connectivity index (χ1v) is 7.12. The van der Waals surface area contributed by atoms with Gasteiger partial charge in [0.2, 0.25) is 11.8 Å². The Labute approximate surface area is 121 Å². The Balaban J connectivity index is 2.46. The fourth-order valence-corrected chi connectivity index (χ4v) is 1.80. The van der Waals surface area contributed by atoms with Gasteiger partial charge in [0.1, 0.15) is 0 Å². The second-order valence-corrected chi connectivity index (χ2v) is 5.17. The Bertz CT molecular complexity index is 438. The molecule has 110 valence electrons. The third kappa shape index (κ3) is 5.87. The van der Waals surface area contributed by atoms with E-state index in [1.54, 1.807) is 19.0 Å². The number of amides is 2. The Hall–Kier alpha value is -1.84. The van der Waals surface area contributed by atoms with Crippen molar-refractivity contribution in [2.45, 2.75) is 39.0 Å². The van der Waals surface area contributed by atoms with Gasteiger partial charge in [-0.15, -0.1) is 0 Å². The molecule has 2 amide bonds.